The molecule has 0 unspecified atom stereocenters. The summed E-state index contributed by atoms with van der Waals surface area (Å²) in [5.41, 5.74) is 4.50. The number of halogens is 3. The van der Waals surface area contributed by atoms with Crippen LogP contribution in [0.4, 0.5) is 0 Å². The van der Waals surface area contributed by atoms with Crippen LogP contribution in [0.25, 0.3) is 0 Å². The first kappa shape index (κ1) is 27.2. The van der Waals surface area contributed by atoms with Gasteiger partial charge in [-0.15, -0.1) is 0 Å². The van der Waals surface area contributed by atoms with Crippen LogP contribution in [0.5, 0.6) is 5.75 Å². The van der Waals surface area contributed by atoms with Crippen molar-refractivity contribution in [2.45, 2.75) is 57.5 Å². The number of carboxylic acid groups (broad SMARTS) is 1. The van der Waals surface area contributed by atoms with Crippen LogP contribution in [-0.2, 0) is 21.0 Å². The number of Topliss-reactive ketones (excluding diaryl/α,β-unsaturated/α-hetero) is 2. The fourth-order valence-corrected chi connectivity index (χ4v) is 7.32. The molecule has 38 heavy (non-hydrogen) atoms. The number of hydrogen-bond acceptors (Lipinski definition) is 5. The van der Waals surface area contributed by atoms with Gasteiger partial charge in [0.2, 0.25) is 0 Å². The molecule has 0 bridgehead atoms. The molecule has 0 spiro atoms. The Kier molecular flexibility index (Phi) is 8.12. The van der Waals surface area contributed by atoms with Gasteiger partial charge in [0.1, 0.15) is 12.4 Å². The highest BCUT2D eigenvalue weighted by atomic mass is 79.9. The molecule has 1 aliphatic heterocycles. The van der Waals surface area contributed by atoms with Crippen LogP contribution in [0, 0.1) is 0 Å². The van der Waals surface area contributed by atoms with Crippen molar-refractivity contribution in [2.24, 2.45) is 0 Å². The molecule has 1 N–H and O–H groups in total. The molecule has 9 heteroatoms. The molecule has 0 aromatic heterocycles. The SMILES string of the molecule is O=C(O)CCN1C2=C(C(=O)CCC2)C(c2cc(Br)cc(Br)c2OCc2cccc(Cl)c2)C2=C1CCCC2=O. The largest absolute Gasteiger partial charge is 0.487 e. The summed E-state index contributed by atoms with van der Waals surface area (Å²) in [6, 6.07) is 11.2. The van der Waals surface area contributed by atoms with Crippen LogP contribution in [-0.4, -0.2) is 34.1 Å². The predicted molar refractivity (Wildman–Crippen MR) is 151 cm³/mol. The minimum Gasteiger partial charge on any atom is -0.487 e. The monoisotopic (exact) mass is 661 g/mol. The Bertz CT molecular complexity index is 1360. The number of aliphatic carboxylic acids is 1. The molecule has 0 atom stereocenters. The third kappa shape index (κ3) is 5.36. The van der Waals surface area contributed by atoms with E-state index in [-0.39, 0.29) is 31.1 Å². The number of nitrogens with zero attached hydrogens (tertiary/aromatic N) is 1. The summed E-state index contributed by atoms with van der Waals surface area (Å²) >= 11 is 13.4. The lowest BCUT2D eigenvalue weighted by molar-refractivity contribution is -0.137. The third-order valence-corrected chi connectivity index (χ3v) is 8.54. The molecule has 2 aliphatic carbocycles. The molecule has 6 nitrogen and oxygen atoms in total. The number of rotatable bonds is 7. The van der Waals surface area contributed by atoms with Gasteiger partial charge in [-0.2, -0.15) is 0 Å². The molecule has 0 saturated carbocycles. The van der Waals surface area contributed by atoms with E-state index in [1.807, 2.05) is 35.2 Å². The Morgan fingerprint density at radius 3 is 2.26 bits per heavy atom. The van der Waals surface area contributed by atoms with Crippen molar-refractivity contribution in [3.8, 4) is 5.75 Å². The van der Waals surface area contributed by atoms with Crippen molar-refractivity contribution in [3.05, 3.63) is 84.0 Å². The molecular weight excluding hydrogens is 638 g/mol. The van der Waals surface area contributed by atoms with Gasteiger partial charge in [0.25, 0.3) is 0 Å². The molecule has 0 saturated heterocycles. The average Bonchev–Trinajstić information content (AvgIpc) is 2.86. The van der Waals surface area contributed by atoms with Gasteiger partial charge in [0, 0.05) is 62.9 Å². The first-order valence-corrected chi connectivity index (χ1v) is 14.6. The summed E-state index contributed by atoms with van der Waals surface area (Å²) in [6.07, 6.45) is 3.44. The normalized spacial score (nSPS) is 18.0. The zero-order valence-electron chi connectivity index (χ0n) is 20.6. The lowest BCUT2D eigenvalue weighted by atomic mass is 9.70. The second kappa shape index (κ2) is 11.4. The number of carbonyl (C=O) groups excluding carboxylic acids is 2. The van der Waals surface area contributed by atoms with E-state index in [0.29, 0.717) is 64.9 Å². The van der Waals surface area contributed by atoms with Gasteiger partial charge in [-0.25, -0.2) is 0 Å². The van der Waals surface area contributed by atoms with Gasteiger partial charge >= 0.3 is 5.97 Å². The molecule has 198 valence electrons. The number of ketones is 2. The van der Waals surface area contributed by atoms with E-state index in [9.17, 15) is 19.5 Å². The van der Waals surface area contributed by atoms with Gasteiger partial charge in [-0.05, 0) is 71.4 Å². The molecule has 0 fully saturated rings. The summed E-state index contributed by atoms with van der Waals surface area (Å²) in [5, 5.41) is 10.0. The minimum absolute atomic E-state index is 0.00149. The maximum absolute atomic E-state index is 13.6. The smallest absolute Gasteiger partial charge is 0.305 e. The van der Waals surface area contributed by atoms with Gasteiger partial charge in [-0.1, -0.05) is 39.7 Å². The lowest BCUT2D eigenvalue weighted by Crippen LogP contribution is -2.40. The van der Waals surface area contributed by atoms with Crippen molar-refractivity contribution < 1.29 is 24.2 Å². The van der Waals surface area contributed by atoms with Crippen LogP contribution in [0.1, 0.15) is 62.0 Å². The highest BCUT2D eigenvalue weighted by Crippen LogP contribution is 2.52. The lowest BCUT2D eigenvalue weighted by Gasteiger charge is -2.44. The second-order valence-corrected chi connectivity index (χ2v) is 11.9. The Hall–Kier alpha value is -2.42. The van der Waals surface area contributed by atoms with Crippen LogP contribution < -0.4 is 4.74 Å². The summed E-state index contributed by atoms with van der Waals surface area (Å²) in [5.74, 6) is -0.928. The van der Waals surface area contributed by atoms with Crippen LogP contribution in [0.2, 0.25) is 5.02 Å². The standard InChI is InChI=1S/C29H26Br2ClNO5/c30-17-13-19(29(20(31)14-17)38-15-16-4-1-5-18(32)12-16)26-27-21(6-2-8-23(27)34)33(11-10-25(36)37)22-7-3-9-24(35)28(22)26/h1,4-5,12-14,26H,2-3,6-11,15H2,(H,36,37). The van der Waals surface area contributed by atoms with E-state index in [4.69, 9.17) is 16.3 Å². The molecule has 3 aliphatic rings. The van der Waals surface area contributed by atoms with Crippen molar-refractivity contribution in [1.29, 1.82) is 0 Å². The number of allylic oxidation sites excluding steroid dienone is 4. The zero-order valence-corrected chi connectivity index (χ0v) is 24.5. The first-order chi connectivity index (χ1) is 18.2. The van der Waals surface area contributed by atoms with Crippen molar-refractivity contribution in [3.63, 3.8) is 0 Å². The van der Waals surface area contributed by atoms with Gasteiger partial charge in [-0.3, -0.25) is 14.4 Å². The number of hydrogen-bond donors (Lipinski definition) is 1. The molecule has 1 heterocycles. The van der Waals surface area contributed by atoms with Crippen molar-refractivity contribution in [2.75, 3.05) is 6.54 Å². The predicted octanol–water partition coefficient (Wildman–Crippen LogP) is 7.33. The maximum Gasteiger partial charge on any atom is 0.305 e. The maximum atomic E-state index is 13.6. The third-order valence-electron chi connectivity index (χ3n) is 7.26. The fraction of sp³-hybridized carbons (Fsp3) is 0.345. The molecule has 5 rings (SSSR count). The Labute approximate surface area is 242 Å². The summed E-state index contributed by atoms with van der Waals surface area (Å²) < 4.78 is 7.86. The first-order valence-electron chi connectivity index (χ1n) is 12.6. The van der Waals surface area contributed by atoms with E-state index in [1.54, 1.807) is 6.07 Å². The van der Waals surface area contributed by atoms with E-state index < -0.39 is 11.9 Å². The molecule has 0 radical (unpaired) electrons. The number of ether oxygens (including phenoxy) is 1. The Balaban J connectivity index is 1.67. The number of carboxylic acids is 1. The molecule has 0 amide bonds. The fourth-order valence-electron chi connectivity index (χ4n) is 5.73. The van der Waals surface area contributed by atoms with E-state index in [2.05, 4.69) is 31.9 Å². The average molecular weight is 664 g/mol. The van der Waals surface area contributed by atoms with Crippen LogP contribution in [0.15, 0.2) is 67.9 Å². The molecule has 2 aromatic carbocycles. The number of benzene rings is 2. The van der Waals surface area contributed by atoms with Gasteiger partial charge < -0.3 is 14.7 Å². The highest BCUT2D eigenvalue weighted by Gasteiger charge is 2.44. The topological polar surface area (TPSA) is 83.9 Å². The zero-order chi connectivity index (χ0) is 27.0. The Morgan fingerprint density at radius 2 is 1.66 bits per heavy atom. The van der Waals surface area contributed by atoms with Crippen LogP contribution in [0.3, 0.4) is 0 Å². The summed E-state index contributed by atoms with van der Waals surface area (Å²) in [7, 11) is 0. The van der Waals surface area contributed by atoms with Gasteiger partial charge in [0.05, 0.1) is 10.9 Å². The van der Waals surface area contributed by atoms with E-state index >= 15 is 0 Å². The van der Waals surface area contributed by atoms with E-state index in [1.165, 1.54) is 0 Å². The summed E-state index contributed by atoms with van der Waals surface area (Å²) in [4.78, 5) is 40.6. The van der Waals surface area contributed by atoms with Crippen molar-refractivity contribution in [1.82, 2.24) is 4.90 Å². The second-order valence-electron chi connectivity index (χ2n) is 9.73. The minimum atomic E-state index is -0.909. The number of carbonyl (C=O) groups is 3. The van der Waals surface area contributed by atoms with Crippen LogP contribution >= 0.6 is 43.5 Å². The summed E-state index contributed by atoms with van der Waals surface area (Å²) in [6.45, 7) is 0.492. The van der Waals surface area contributed by atoms with E-state index in [0.717, 1.165) is 27.0 Å². The van der Waals surface area contributed by atoms with Gasteiger partial charge in [0.15, 0.2) is 11.6 Å². The quantitative estimate of drug-likeness (QED) is 0.334. The molecule has 2 aromatic rings. The van der Waals surface area contributed by atoms with Crippen molar-refractivity contribution >= 4 is 61.0 Å². The molecular formula is C29H26Br2ClNO5. The Morgan fingerprint density at radius 1 is 1.00 bits per heavy atom. The highest BCUT2D eigenvalue weighted by molar-refractivity contribution is 9.11.